The average Bonchev–Trinajstić information content (AvgIpc) is 2.57. The van der Waals surface area contributed by atoms with Crippen molar-refractivity contribution in [1.29, 1.82) is 0 Å². The number of nitrogens with zero attached hydrogens (tertiary/aromatic N) is 2. The van der Waals surface area contributed by atoms with Crippen LogP contribution in [-0.2, 0) is 14.8 Å². The van der Waals surface area contributed by atoms with Gasteiger partial charge in [0.1, 0.15) is 0 Å². The normalized spacial score (nSPS) is 16.3. The second-order valence-corrected chi connectivity index (χ2v) is 8.10. The molecular weight excluding hydrogens is 382 g/mol. The number of aryl methyl sites for hydroxylation is 1. The van der Waals surface area contributed by atoms with E-state index in [1.165, 1.54) is 10.4 Å². The van der Waals surface area contributed by atoms with E-state index in [2.05, 4.69) is 0 Å². The van der Waals surface area contributed by atoms with Crippen molar-refractivity contribution in [3.05, 3.63) is 33.4 Å². The van der Waals surface area contributed by atoms with E-state index in [9.17, 15) is 18.5 Å². The largest absolute Gasteiger partial charge is 0.378 e. The predicted molar refractivity (Wildman–Crippen MR) is 101 cm³/mol. The van der Waals surface area contributed by atoms with E-state index in [0.717, 1.165) is 6.42 Å². The lowest BCUT2D eigenvalue weighted by Gasteiger charge is -2.31. The van der Waals surface area contributed by atoms with E-state index < -0.39 is 14.9 Å². The summed E-state index contributed by atoms with van der Waals surface area (Å²) >= 11 is 0. The molecule has 1 heterocycles. The molecule has 0 bridgehead atoms. The van der Waals surface area contributed by atoms with Gasteiger partial charge in [-0.1, -0.05) is 6.07 Å². The summed E-state index contributed by atoms with van der Waals surface area (Å²) in [7, 11) is -3.92. The van der Waals surface area contributed by atoms with Crippen LogP contribution in [-0.4, -0.2) is 50.0 Å². The van der Waals surface area contributed by atoms with Gasteiger partial charge in [0.25, 0.3) is 5.69 Å². The summed E-state index contributed by atoms with van der Waals surface area (Å²) in [6.07, 6.45) is 1.92. The molecule has 0 amide bonds. The third-order valence-electron chi connectivity index (χ3n) is 4.55. The van der Waals surface area contributed by atoms with E-state index in [4.69, 9.17) is 10.5 Å². The number of ether oxygens (including phenoxy) is 1. The molecule has 0 aliphatic carbocycles. The summed E-state index contributed by atoms with van der Waals surface area (Å²) in [4.78, 5) is 10.5. The second-order valence-electron chi connectivity index (χ2n) is 6.23. The number of piperidine rings is 1. The van der Waals surface area contributed by atoms with Crippen molar-refractivity contribution in [1.82, 2.24) is 4.31 Å². The molecular formula is C16H26ClN3O5S. The Labute approximate surface area is 160 Å². The molecule has 10 heteroatoms. The van der Waals surface area contributed by atoms with Crippen molar-refractivity contribution in [3.8, 4) is 0 Å². The Morgan fingerprint density at radius 2 is 1.92 bits per heavy atom. The van der Waals surface area contributed by atoms with Crippen LogP contribution in [0.15, 0.2) is 17.0 Å². The minimum absolute atomic E-state index is 0. The fourth-order valence-corrected chi connectivity index (χ4v) is 4.85. The van der Waals surface area contributed by atoms with Crippen LogP contribution in [0.2, 0.25) is 0 Å². The molecule has 1 aliphatic heterocycles. The number of nitrogens with two attached hydrogens (primary N) is 1. The van der Waals surface area contributed by atoms with Crippen molar-refractivity contribution >= 4 is 28.1 Å². The number of sulfonamides is 1. The molecule has 1 aromatic carbocycles. The Balaban J connectivity index is 0.00000338. The zero-order valence-electron chi connectivity index (χ0n) is 15.0. The first-order valence-electron chi connectivity index (χ1n) is 8.35. The summed E-state index contributed by atoms with van der Waals surface area (Å²) in [5.41, 5.74) is 6.20. The third kappa shape index (κ3) is 4.92. The number of nitro groups is 1. The molecule has 1 aliphatic rings. The van der Waals surface area contributed by atoms with Crippen LogP contribution in [0.1, 0.15) is 30.4 Å². The van der Waals surface area contributed by atoms with E-state index in [-0.39, 0.29) is 29.1 Å². The monoisotopic (exact) mass is 407 g/mol. The summed E-state index contributed by atoms with van der Waals surface area (Å²) in [5.74, 6) is 0. The van der Waals surface area contributed by atoms with Crippen molar-refractivity contribution in [2.75, 3.05) is 26.2 Å². The van der Waals surface area contributed by atoms with Crippen LogP contribution in [0.4, 0.5) is 5.69 Å². The Morgan fingerprint density at radius 3 is 2.46 bits per heavy atom. The quantitative estimate of drug-likeness (QED) is 0.420. The maximum absolute atomic E-state index is 13.0. The Kier molecular flexibility index (Phi) is 8.42. The molecule has 26 heavy (non-hydrogen) atoms. The number of hydrogen-bond acceptors (Lipinski definition) is 6. The maximum Gasteiger partial charge on any atom is 0.289 e. The average molecular weight is 408 g/mol. The van der Waals surface area contributed by atoms with Gasteiger partial charge in [-0.3, -0.25) is 10.1 Å². The van der Waals surface area contributed by atoms with E-state index >= 15 is 0 Å². The molecule has 0 spiro atoms. The second kappa shape index (κ2) is 9.61. The minimum atomic E-state index is -3.92. The van der Waals surface area contributed by atoms with Crippen LogP contribution in [0.3, 0.4) is 0 Å². The summed E-state index contributed by atoms with van der Waals surface area (Å²) in [6.45, 7) is 5.06. The predicted octanol–water partition coefficient (Wildman–Crippen LogP) is 2.15. The SMILES string of the molecule is Cc1ccc([N+](=O)[O-])c(S(=O)(=O)N2CCC(OCCCN)CC2)c1C.Cl. The summed E-state index contributed by atoms with van der Waals surface area (Å²) in [5, 5.41) is 11.3. The molecule has 2 rings (SSSR count). The standard InChI is InChI=1S/C16H25N3O5S.ClH/c1-12-4-5-15(19(20)21)16(13(12)2)25(22,23)18-9-6-14(7-10-18)24-11-3-8-17;/h4-5,14H,3,6-11,17H2,1-2H3;1H. The molecule has 0 radical (unpaired) electrons. The van der Waals surface area contributed by atoms with Crippen molar-refractivity contribution in [3.63, 3.8) is 0 Å². The van der Waals surface area contributed by atoms with Gasteiger partial charge in [-0.2, -0.15) is 4.31 Å². The fraction of sp³-hybridized carbons (Fsp3) is 0.625. The van der Waals surface area contributed by atoms with E-state index in [1.54, 1.807) is 19.9 Å². The third-order valence-corrected chi connectivity index (χ3v) is 6.63. The molecule has 2 N–H and O–H groups in total. The van der Waals surface area contributed by atoms with Crippen molar-refractivity contribution in [2.45, 2.75) is 44.1 Å². The van der Waals surface area contributed by atoms with Crippen molar-refractivity contribution < 1.29 is 18.1 Å². The number of halogens is 1. The van der Waals surface area contributed by atoms with Crippen LogP contribution >= 0.6 is 12.4 Å². The van der Waals surface area contributed by atoms with Gasteiger partial charge in [0, 0.05) is 25.8 Å². The number of rotatable bonds is 7. The van der Waals surface area contributed by atoms with Gasteiger partial charge in [0.15, 0.2) is 4.90 Å². The number of hydrogen-bond donors (Lipinski definition) is 1. The lowest BCUT2D eigenvalue weighted by atomic mass is 10.1. The zero-order valence-corrected chi connectivity index (χ0v) is 16.6. The van der Waals surface area contributed by atoms with Gasteiger partial charge in [-0.15, -0.1) is 12.4 Å². The highest BCUT2D eigenvalue weighted by Gasteiger charge is 2.36. The maximum atomic E-state index is 13.0. The minimum Gasteiger partial charge on any atom is -0.378 e. The first-order chi connectivity index (χ1) is 11.8. The van der Waals surface area contributed by atoms with Crippen molar-refractivity contribution in [2.24, 2.45) is 5.73 Å². The van der Waals surface area contributed by atoms with E-state index in [0.29, 0.717) is 50.2 Å². The highest BCUT2D eigenvalue weighted by molar-refractivity contribution is 7.89. The number of nitro benzene ring substituents is 1. The van der Waals surface area contributed by atoms with Gasteiger partial charge >= 0.3 is 0 Å². The molecule has 1 saturated heterocycles. The molecule has 148 valence electrons. The first-order valence-corrected chi connectivity index (χ1v) is 9.79. The molecule has 0 unspecified atom stereocenters. The van der Waals surface area contributed by atoms with Crippen LogP contribution in [0.25, 0.3) is 0 Å². The molecule has 0 aromatic heterocycles. The fourth-order valence-electron chi connectivity index (χ4n) is 2.95. The van der Waals surface area contributed by atoms with Crippen LogP contribution in [0, 0.1) is 24.0 Å². The van der Waals surface area contributed by atoms with Gasteiger partial charge in [0.05, 0.1) is 11.0 Å². The zero-order chi connectivity index (χ0) is 18.6. The van der Waals surface area contributed by atoms with Crippen LogP contribution < -0.4 is 5.73 Å². The Bertz CT molecular complexity index is 734. The Morgan fingerprint density at radius 1 is 1.31 bits per heavy atom. The summed E-state index contributed by atoms with van der Waals surface area (Å²) < 4.78 is 33.0. The molecule has 1 fully saturated rings. The van der Waals surface area contributed by atoms with Gasteiger partial charge in [-0.25, -0.2) is 8.42 Å². The molecule has 1 aromatic rings. The topological polar surface area (TPSA) is 116 Å². The molecule has 8 nitrogen and oxygen atoms in total. The van der Waals surface area contributed by atoms with Gasteiger partial charge in [0.2, 0.25) is 10.0 Å². The highest BCUT2D eigenvalue weighted by Crippen LogP contribution is 2.33. The summed E-state index contributed by atoms with van der Waals surface area (Å²) in [6, 6.07) is 2.84. The Hall–Kier alpha value is -1.26. The molecule has 0 saturated carbocycles. The lowest BCUT2D eigenvalue weighted by molar-refractivity contribution is -0.388. The molecule has 0 atom stereocenters. The van der Waals surface area contributed by atoms with E-state index in [1.807, 2.05) is 0 Å². The lowest BCUT2D eigenvalue weighted by Crippen LogP contribution is -2.41. The first kappa shape index (κ1) is 22.8. The van der Waals surface area contributed by atoms with Gasteiger partial charge in [-0.05, 0) is 50.8 Å². The van der Waals surface area contributed by atoms with Crippen LogP contribution in [0.5, 0.6) is 0 Å². The highest BCUT2D eigenvalue weighted by atomic mass is 35.5. The smallest absolute Gasteiger partial charge is 0.289 e. The number of benzene rings is 1. The van der Waals surface area contributed by atoms with Gasteiger partial charge < -0.3 is 10.5 Å².